The van der Waals surface area contributed by atoms with Gasteiger partial charge in [0.15, 0.2) is 5.82 Å². The Morgan fingerprint density at radius 2 is 1.96 bits per heavy atom. The molecule has 1 aromatic carbocycles. The van der Waals surface area contributed by atoms with Gasteiger partial charge in [-0.05, 0) is 43.7 Å². The molecule has 0 fully saturated rings. The van der Waals surface area contributed by atoms with Crippen molar-refractivity contribution in [1.82, 2.24) is 25.4 Å². The van der Waals surface area contributed by atoms with Crippen molar-refractivity contribution in [3.63, 3.8) is 0 Å². The first-order valence-corrected chi connectivity index (χ1v) is 8.81. The number of rotatable bonds is 2. The monoisotopic (exact) mass is 351 g/mol. The number of aryl methyl sites for hydroxylation is 2. The average Bonchev–Trinajstić information content (AvgIpc) is 3.26. The quantitative estimate of drug-likeness (QED) is 0.517. The van der Waals surface area contributed by atoms with Crippen molar-refractivity contribution < 1.29 is 9.50 Å². The van der Waals surface area contributed by atoms with Crippen LogP contribution in [0.15, 0.2) is 12.3 Å². The summed E-state index contributed by atoms with van der Waals surface area (Å²) in [5, 5.41) is 25.3. The molecule has 0 amide bonds. The van der Waals surface area contributed by atoms with Crippen LogP contribution < -0.4 is 0 Å². The van der Waals surface area contributed by atoms with E-state index in [9.17, 15) is 9.50 Å². The van der Waals surface area contributed by atoms with Crippen LogP contribution in [0.2, 0.25) is 0 Å². The molecule has 3 heterocycles. The third-order valence-electron chi connectivity index (χ3n) is 5.37. The molecule has 0 unspecified atom stereocenters. The lowest BCUT2D eigenvalue weighted by Gasteiger charge is -2.22. The Kier molecular flexibility index (Phi) is 3.33. The SMILES string of the molecule is Cc1[nH]ncc1-c1nc2c(F)cc3n[nH]c(CO)c3c2c2c1CCCC2. The molecular weight excluding hydrogens is 333 g/mol. The van der Waals surface area contributed by atoms with Crippen molar-refractivity contribution in [3.05, 3.63) is 40.6 Å². The molecule has 3 aromatic heterocycles. The number of H-pyrrole nitrogens is 2. The second-order valence-corrected chi connectivity index (χ2v) is 6.87. The number of hydrogen-bond acceptors (Lipinski definition) is 4. The Labute approximate surface area is 148 Å². The Morgan fingerprint density at radius 1 is 1.15 bits per heavy atom. The third kappa shape index (κ3) is 2.03. The number of hydrogen-bond donors (Lipinski definition) is 3. The van der Waals surface area contributed by atoms with Crippen LogP contribution >= 0.6 is 0 Å². The normalized spacial score (nSPS) is 14.3. The minimum absolute atomic E-state index is 0.172. The maximum absolute atomic E-state index is 14.9. The van der Waals surface area contributed by atoms with Crippen molar-refractivity contribution in [2.24, 2.45) is 0 Å². The van der Waals surface area contributed by atoms with Crippen LogP contribution in [-0.2, 0) is 19.4 Å². The van der Waals surface area contributed by atoms with E-state index < -0.39 is 0 Å². The molecule has 1 aliphatic rings. The standard InChI is InChI=1S/C19H18FN5O/c1-9-12(7-21-23-9)18-11-5-3-2-4-10(11)16-17-14(24-25-15(17)8-26)6-13(20)19(16)22-18/h6-7,26H,2-5,8H2,1H3,(H,21,23)(H,24,25). The molecule has 0 spiro atoms. The lowest BCUT2D eigenvalue weighted by Crippen LogP contribution is -2.09. The maximum atomic E-state index is 14.9. The van der Waals surface area contributed by atoms with Crippen LogP contribution in [0.25, 0.3) is 33.1 Å². The van der Waals surface area contributed by atoms with Crippen molar-refractivity contribution in [2.75, 3.05) is 0 Å². The minimum Gasteiger partial charge on any atom is -0.390 e. The summed E-state index contributed by atoms with van der Waals surface area (Å²) in [6, 6.07) is 1.39. The summed E-state index contributed by atoms with van der Waals surface area (Å²) >= 11 is 0. The van der Waals surface area contributed by atoms with E-state index in [4.69, 9.17) is 4.98 Å². The first-order valence-electron chi connectivity index (χ1n) is 8.81. The fourth-order valence-electron chi connectivity index (χ4n) is 4.16. The van der Waals surface area contributed by atoms with Crippen LogP contribution in [0.3, 0.4) is 0 Å². The van der Waals surface area contributed by atoms with Gasteiger partial charge in [0.1, 0.15) is 5.52 Å². The van der Waals surface area contributed by atoms with Crippen molar-refractivity contribution in [3.8, 4) is 11.3 Å². The number of fused-ring (bicyclic) bond motifs is 5. The molecule has 6 nitrogen and oxygen atoms in total. The van der Waals surface area contributed by atoms with Gasteiger partial charge in [0.25, 0.3) is 0 Å². The molecule has 7 heteroatoms. The molecule has 0 bridgehead atoms. The summed E-state index contributed by atoms with van der Waals surface area (Å²) in [5.74, 6) is -0.390. The van der Waals surface area contributed by atoms with Gasteiger partial charge in [-0.25, -0.2) is 9.37 Å². The highest BCUT2D eigenvalue weighted by Gasteiger charge is 2.25. The third-order valence-corrected chi connectivity index (χ3v) is 5.37. The van der Waals surface area contributed by atoms with Gasteiger partial charge in [0.2, 0.25) is 0 Å². The molecule has 132 valence electrons. The van der Waals surface area contributed by atoms with Crippen molar-refractivity contribution >= 4 is 21.8 Å². The van der Waals surface area contributed by atoms with E-state index >= 15 is 0 Å². The largest absolute Gasteiger partial charge is 0.390 e. The predicted octanol–water partition coefficient (Wildman–Crippen LogP) is 3.32. The van der Waals surface area contributed by atoms with E-state index in [1.54, 1.807) is 6.20 Å². The summed E-state index contributed by atoms with van der Waals surface area (Å²) in [5.41, 5.74) is 6.40. The average molecular weight is 351 g/mol. The zero-order valence-corrected chi connectivity index (χ0v) is 14.4. The second kappa shape index (κ2) is 5.60. The van der Waals surface area contributed by atoms with E-state index in [1.807, 2.05) is 6.92 Å². The highest BCUT2D eigenvalue weighted by molar-refractivity contribution is 6.09. The molecule has 26 heavy (non-hydrogen) atoms. The number of aliphatic hydroxyl groups is 1. The lowest BCUT2D eigenvalue weighted by molar-refractivity contribution is 0.278. The van der Waals surface area contributed by atoms with Crippen LogP contribution in [-0.4, -0.2) is 30.5 Å². The minimum atomic E-state index is -0.390. The van der Waals surface area contributed by atoms with E-state index in [1.165, 1.54) is 6.07 Å². The number of aromatic amines is 2. The predicted molar refractivity (Wildman–Crippen MR) is 96.2 cm³/mol. The number of benzene rings is 1. The van der Waals surface area contributed by atoms with Crippen molar-refractivity contribution in [2.45, 2.75) is 39.2 Å². The number of pyridine rings is 1. The Hall–Kier alpha value is -2.80. The molecular formula is C19H18FN5O. The van der Waals surface area contributed by atoms with Crippen LogP contribution in [0, 0.1) is 12.7 Å². The molecule has 0 aliphatic heterocycles. The maximum Gasteiger partial charge on any atom is 0.151 e. The summed E-state index contributed by atoms with van der Waals surface area (Å²) in [7, 11) is 0. The summed E-state index contributed by atoms with van der Waals surface area (Å²) < 4.78 is 14.9. The van der Waals surface area contributed by atoms with Gasteiger partial charge in [-0.3, -0.25) is 10.2 Å². The topological polar surface area (TPSA) is 90.5 Å². The van der Waals surface area contributed by atoms with Crippen LogP contribution in [0.1, 0.15) is 35.4 Å². The Morgan fingerprint density at radius 3 is 2.69 bits per heavy atom. The zero-order chi connectivity index (χ0) is 17.8. The first kappa shape index (κ1) is 15.5. The second-order valence-electron chi connectivity index (χ2n) is 6.87. The van der Waals surface area contributed by atoms with E-state index in [0.29, 0.717) is 16.7 Å². The molecule has 0 saturated heterocycles. The molecule has 5 rings (SSSR count). The van der Waals surface area contributed by atoms with Crippen molar-refractivity contribution in [1.29, 1.82) is 0 Å². The molecule has 4 aromatic rings. The fourth-order valence-corrected chi connectivity index (χ4v) is 4.16. The molecule has 3 N–H and O–H groups in total. The highest BCUT2D eigenvalue weighted by atomic mass is 19.1. The molecule has 0 atom stereocenters. The fraction of sp³-hybridized carbons (Fsp3) is 0.316. The summed E-state index contributed by atoms with van der Waals surface area (Å²) in [6.07, 6.45) is 5.67. The van der Waals surface area contributed by atoms with E-state index in [2.05, 4.69) is 20.4 Å². The number of aliphatic hydroxyl groups excluding tert-OH is 1. The number of nitrogens with one attached hydrogen (secondary N) is 2. The van der Waals surface area contributed by atoms with Gasteiger partial charge in [-0.1, -0.05) is 0 Å². The molecule has 0 saturated carbocycles. The van der Waals surface area contributed by atoms with Gasteiger partial charge in [0.05, 0.1) is 29.7 Å². The number of halogens is 1. The smallest absolute Gasteiger partial charge is 0.151 e. The summed E-state index contributed by atoms with van der Waals surface area (Å²) in [6.45, 7) is 1.78. The van der Waals surface area contributed by atoms with Gasteiger partial charge in [0, 0.05) is 28.1 Å². The Bertz CT molecular complexity index is 1160. The van der Waals surface area contributed by atoms with Gasteiger partial charge in [-0.2, -0.15) is 10.2 Å². The number of aromatic nitrogens is 5. The molecule has 1 aliphatic carbocycles. The zero-order valence-electron chi connectivity index (χ0n) is 14.4. The lowest BCUT2D eigenvalue weighted by atomic mass is 9.85. The molecule has 0 radical (unpaired) electrons. The summed E-state index contributed by atoms with van der Waals surface area (Å²) in [4.78, 5) is 4.74. The number of nitrogens with zero attached hydrogens (tertiary/aromatic N) is 3. The van der Waals surface area contributed by atoms with Crippen LogP contribution in [0.4, 0.5) is 4.39 Å². The van der Waals surface area contributed by atoms with E-state index in [0.717, 1.165) is 64.5 Å². The van der Waals surface area contributed by atoms with Gasteiger partial charge >= 0.3 is 0 Å². The van der Waals surface area contributed by atoms with Gasteiger partial charge in [-0.15, -0.1) is 0 Å². The first-order chi connectivity index (χ1) is 12.7. The van der Waals surface area contributed by atoms with Gasteiger partial charge < -0.3 is 5.11 Å². The van der Waals surface area contributed by atoms with Crippen LogP contribution in [0.5, 0.6) is 0 Å². The highest BCUT2D eigenvalue weighted by Crippen LogP contribution is 2.40. The Balaban J connectivity index is 1.98. The van der Waals surface area contributed by atoms with E-state index in [-0.39, 0.29) is 12.4 Å².